The molecular weight excluding hydrogens is 287 g/mol. The van der Waals surface area contributed by atoms with Crippen molar-refractivity contribution in [3.05, 3.63) is 24.0 Å². The summed E-state index contributed by atoms with van der Waals surface area (Å²) in [5, 5.41) is 0. The van der Waals surface area contributed by atoms with Crippen LogP contribution in [-0.4, -0.2) is 31.3 Å². The van der Waals surface area contributed by atoms with Crippen LogP contribution in [0.3, 0.4) is 0 Å². The van der Waals surface area contributed by atoms with Gasteiger partial charge in [0.2, 0.25) is 5.91 Å². The lowest BCUT2D eigenvalue weighted by Gasteiger charge is -2.29. The van der Waals surface area contributed by atoms with Gasteiger partial charge < -0.3 is 9.80 Å². The van der Waals surface area contributed by atoms with Crippen molar-refractivity contribution in [1.82, 2.24) is 0 Å². The van der Waals surface area contributed by atoms with E-state index in [1.54, 1.807) is 4.90 Å². The second-order valence-corrected chi connectivity index (χ2v) is 6.31. The molecular formula is C16H21FN2OS. The monoisotopic (exact) mass is 308 g/mol. The molecule has 21 heavy (non-hydrogen) atoms. The van der Waals surface area contributed by atoms with Gasteiger partial charge in [-0.1, -0.05) is 0 Å². The number of piperidine rings is 1. The molecule has 3 rings (SSSR count). The Morgan fingerprint density at radius 3 is 2.62 bits per heavy atom. The third kappa shape index (κ3) is 3.03. The zero-order chi connectivity index (χ0) is 14.8. The highest BCUT2D eigenvalue weighted by Crippen LogP contribution is 2.30. The fraction of sp³-hybridized carbons (Fsp3) is 0.562. The molecule has 2 heterocycles. The zero-order valence-electron chi connectivity index (χ0n) is 12.1. The standard InChI is InChI=1S/C16H21FN2OS/c17-14-9-13(19-10-12(11-21)8-16(19)20)4-5-15(14)18-6-2-1-3-7-18/h4-5,9,12,21H,1-3,6-8,10-11H2. The number of thiol groups is 1. The van der Waals surface area contributed by atoms with Gasteiger partial charge >= 0.3 is 0 Å². The van der Waals surface area contributed by atoms with Gasteiger partial charge in [0, 0.05) is 31.7 Å². The van der Waals surface area contributed by atoms with Crippen molar-refractivity contribution in [3.8, 4) is 0 Å². The molecule has 0 bridgehead atoms. The smallest absolute Gasteiger partial charge is 0.227 e. The lowest BCUT2D eigenvalue weighted by molar-refractivity contribution is -0.117. The van der Waals surface area contributed by atoms with E-state index < -0.39 is 0 Å². The maximum absolute atomic E-state index is 14.4. The molecule has 1 aromatic carbocycles. The summed E-state index contributed by atoms with van der Waals surface area (Å²) in [4.78, 5) is 15.8. The highest BCUT2D eigenvalue weighted by atomic mass is 32.1. The predicted octanol–water partition coefficient (Wildman–Crippen LogP) is 3.10. The van der Waals surface area contributed by atoms with Gasteiger partial charge in [0.05, 0.1) is 5.69 Å². The minimum Gasteiger partial charge on any atom is -0.369 e. The van der Waals surface area contributed by atoms with Crippen LogP contribution >= 0.6 is 12.6 Å². The number of carbonyl (C=O) groups is 1. The first kappa shape index (κ1) is 14.7. The summed E-state index contributed by atoms with van der Waals surface area (Å²) in [5.74, 6) is 0.803. The second kappa shape index (κ2) is 6.26. The number of halogens is 1. The summed E-state index contributed by atoms with van der Waals surface area (Å²) in [7, 11) is 0. The molecule has 0 aromatic heterocycles. The zero-order valence-corrected chi connectivity index (χ0v) is 13.0. The van der Waals surface area contributed by atoms with Crippen LogP contribution in [-0.2, 0) is 4.79 Å². The number of hydrogen-bond acceptors (Lipinski definition) is 3. The van der Waals surface area contributed by atoms with Crippen molar-refractivity contribution >= 4 is 29.9 Å². The Kier molecular flexibility index (Phi) is 4.38. The molecule has 0 saturated carbocycles. The molecule has 5 heteroatoms. The molecule has 0 N–H and O–H groups in total. The first-order valence-electron chi connectivity index (χ1n) is 7.65. The quantitative estimate of drug-likeness (QED) is 0.868. The average Bonchev–Trinajstić information content (AvgIpc) is 2.89. The molecule has 1 unspecified atom stereocenters. The first-order valence-corrected chi connectivity index (χ1v) is 8.28. The third-order valence-electron chi connectivity index (χ3n) is 4.40. The van der Waals surface area contributed by atoms with Crippen molar-refractivity contribution in [1.29, 1.82) is 0 Å². The minimum atomic E-state index is -0.225. The predicted molar refractivity (Wildman–Crippen MR) is 86.8 cm³/mol. The highest BCUT2D eigenvalue weighted by molar-refractivity contribution is 7.80. The molecule has 2 fully saturated rings. The summed E-state index contributed by atoms with van der Waals surface area (Å²) < 4.78 is 14.4. The van der Waals surface area contributed by atoms with Crippen LogP contribution in [0.1, 0.15) is 25.7 Å². The SMILES string of the molecule is O=C1CC(CS)CN1c1ccc(N2CCCCC2)c(F)c1. The molecule has 1 atom stereocenters. The normalized spacial score (nSPS) is 23.0. The first-order chi connectivity index (χ1) is 10.2. The van der Waals surface area contributed by atoms with Crippen LogP contribution in [0.5, 0.6) is 0 Å². The third-order valence-corrected chi connectivity index (χ3v) is 4.92. The Morgan fingerprint density at radius 2 is 2.00 bits per heavy atom. The van der Waals surface area contributed by atoms with Crippen molar-refractivity contribution in [2.45, 2.75) is 25.7 Å². The Labute approximate surface area is 130 Å². The summed E-state index contributed by atoms with van der Waals surface area (Å²) in [5.41, 5.74) is 1.33. The number of hydrogen-bond donors (Lipinski definition) is 1. The van der Waals surface area contributed by atoms with Crippen LogP contribution in [0.15, 0.2) is 18.2 Å². The maximum atomic E-state index is 14.4. The Balaban J connectivity index is 1.79. The number of anilines is 2. The molecule has 114 valence electrons. The van der Waals surface area contributed by atoms with Gasteiger partial charge in [-0.3, -0.25) is 4.79 Å². The molecule has 0 aliphatic carbocycles. The van der Waals surface area contributed by atoms with Gasteiger partial charge in [0.25, 0.3) is 0 Å². The largest absolute Gasteiger partial charge is 0.369 e. The molecule has 0 spiro atoms. The molecule has 1 aromatic rings. The van der Waals surface area contributed by atoms with Crippen molar-refractivity contribution in [3.63, 3.8) is 0 Å². The molecule has 3 nitrogen and oxygen atoms in total. The van der Waals surface area contributed by atoms with Gasteiger partial charge in [0.1, 0.15) is 5.82 Å². The average molecular weight is 308 g/mol. The van der Waals surface area contributed by atoms with Crippen molar-refractivity contribution in [2.75, 3.05) is 35.2 Å². The van der Waals surface area contributed by atoms with E-state index in [1.165, 1.54) is 12.5 Å². The summed E-state index contributed by atoms with van der Waals surface area (Å²) >= 11 is 4.26. The van der Waals surface area contributed by atoms with Crippen molar-refractivity contribution in [2.24, 2.45) is 5.92 Å². The fourth-order valence-electron chi connectivity index (χ4n) is 3.21. The lowest BCUT2D eigenvalue weighted by atomic mass is 10.1. The van der Waals surface area contributed by atoms with E-state index in [0.717, 1.165) is 25.9 Å². The van der Waals surface area contributed by atoms with Gasteiger partial charge in [-0.15, -0.1) is 0 Å². The van der Waals surface area contributed by atoms with E-state index >= 15 is 0 Å². The van der Waals surface area contributed by atoms with Crippen LogP contribution in [0, 0.1) is 11.7 Å². The second-order valence-electron chi connectivity index (χ2n) is 5.94. The number of carbonyl (C=O) groups excluding carboxylic acids is 1. The van der Waals surface area contributed by atoms with E-state index in [0.29, 0.717) is 30.1 Å². The molecule has 2 aliphatic rings. The Bertz CT molecular complexity index is 531. The molecule has 2 aliphatic heterocycles. The molecule has 1 amide bonds. The number of amides is 1. The molecule has 0 radical (unpaired) electrons. The van der Waals surface area contributed by atoms with Gasteiger partial charge in [0.15, 0.2) is 0 Å². The van der Waals surface area contributed by atoms with Gasteiger partial charge in [-0.2, -0.15) is 12.6 Å². The summed E-state index contributed by atoms with van der Waals surface area (Å²) in [6, 6.07) is 5.19. The van der Waals surface area contributed by atoms with Gasteiger partial charge in [-0.05, 0) is 49.1 Å². The summed E-state index contributed by atoms with van der Waals surface area (Å²) in [6.07, 6.45) is 3.98. The van der Waals surface area contributed by atoms with E-state index in [1.807, 2.05) is 12.1 Å². The van der Waals surface area contributed by atoms with E-state index in [4.69, 9.17) is 0 Å². The Morgan fingerprint density at radius 1 is 1.24 bits per heavy atom. The van der Waals surface area contributed by atoms with Crippen LogP contribution in [0.25, 0.3) is 0 Å². The highest BCUT2D eigenvalue weighted by Gasteiger charge is 2.30. The van der Waals surface area contributed by atoms with E-state index in [-0.39, 0.29) is 17.6 Å². The van der Waals surface area contributed by atoms with Crippen LogP contribution in [0.4, 0.5) is 15.8 Å². The molecule has 2 saturated heterocycles. The topological polar surface area (TPSA) is 23.6 Å². The fourth-order valence-corrected chi connectivity index (χ4v) is 3.45. The van der Waals surface area contributed by atoms with E-state index in [2.05, 4.69) is 17.5 Å². The minimum absolute atomic E-state index is 0.0687. The van der Waals surface area contributed by atoms with E-state index in [9.17, 15) is 9.18 Å². The number of nitrogens with zero attached hydrogens (tertiary/aromatic N) is 2. The van der Waals surface area contributed by atoms with Crippen LogP contribution in [0.2, 0.25) is 0 Å². The lowest BCUT2D eigenvalue weighted by Crippen LogP contribution is -2.30. The maximum Gasteiger partial charge on any atom is 0.227 e. The summed E-state index contributed by atoms with van der Waals surface area (Å²) in [6.45, 7) is 2.48. The van der Waals surface area contributed by atoms with Crippen molar-refractivity contribution < 1.29 is 9.18 Å². The van der Waals surface area contributed by atoms with Crippen LogP contribution < -0.4 is 9.80 Å². The number of benzene rings is 1. The number of rotatable bonds is 3. The van der Waals surface area contributed by atoms with Gasteiger partial charge in [-0.25, -0.2) is 4.39 Å². The Hall–Kier alpha value is -1.23.